The van der Waals surface area contributed by atoms with Gasteiger partial charge in [0.25, 0.3) is 0 Å². The lowest BCUT2D eigenvalue weighted by Gasteiger charge is -2.14. The highest BCUT2D eigenvalue weighted by Gasteiger charge is 2.09. The van der Waals surface area contributed by atoms with Crippen molar-refractivity contribution in [1.82, 2.24) is 9.97 Å². The smallest absolute Gasteiger partial charge is 0.139 e. The first-order valence-electron chi connectivity index (χ1n) is 6.78. The molecular formula is C15H19BrN4. The van der Waals surface area contributed by atoms with Gasteiger partial charge in [0.15, 0.2) is 0 Å². The number of nitrogens with zero attached hydrogens (tertiary/aromatic N) is 2. The fourth-order valence-electron chi connectivity index (χ4n) is 1.85. The summed E-state index contributed by atoms with van der Waals surface area (Å²) in [7, 11) is 0. The fraction of sp³-hybridized carbons (Fsp3) is 0.333. The molecule has 0 aliphatic carbocycles. The summed E-state index contributed by atoms with van der Waals surface area (Å²) in [6.45, 7) is 7.00. The number of rotatable bonds is 5. The molecule has 20 heavy (non-hydrogen) atoms. The van der Waals surface area contributed by atoms with Gasteiger partial charge in [0.1, 0.15) is 17.5 Å². The average Bonchev–Trinajstić information content (AvgIpc) is 2.45. The van der Waals surface area contributed by atoms with E-state index in [0.717, 1.165) is 46.1 Å². The van der Waals surface area contributed by atoms with E-state index in [1.807, 2.05) is 31.2 Å². The number of nitrogens with one attached hydrogen (secondary N) is 2. The highest BCUT2D eigenvalue weighted by atomic mass is 79.9. The molecule has 1 heterocycles. The van der Waals surface area contributed by atoms with Crippen molar-refractivity contribution in [3.8, 4) is 0 Å². The minimum atomic E-state index is 0.813. The molecule has 1 aromatic heterocycles. The van der Waals surface area contributed by atoms with E-state index in [9.17, 15) is 0 Å². The van der Waals surface area contributed by atoms with Crippen molar-refractivity contribution in [3.05, 3.63) is 40.1 Å². The molecule has 0 spiro atoms. The Morgan fingerprint density at radius 2 is 1.70 bits per heavy atom. The van der Waals surface area contributed by atoms with E-state index in [0.29, 0.717) is 0 Å². The average molecular weight is 335 g/mol. The third-order valence-corrected chi connectivity index (χ3v) is 3.49. The standard InChI is InChI=1S/C15H19BrN4/c1-4-13-19-14(17-5-2)10(3)15(20-13)18-12-8-6-11(16)7-9-12/h6-9H,4-5H2,1-3H3,(H2,17,18,19,20). The van der Waals surface area contributed by atoms with Crippen LogP contribution in [0.5, 0.6) is 0 Å². The number of aryl methyl sites for hydroxylation is 1. The molecule has 0 aliphatic heterocycles. The van der Waals surface area contributed by atoms with E-state index in [4.69, 9.17) is 0 Å². The predicted octanol–water partition coefficient (Wildman–Crippen LogP) is 4.29. The van der Waals surface area contributed by atoms with Crippen molar-refractivity contribution in [1.29, 1.82) is 0 Å². The molecule has 2 aromatic rings. The van der Waals surface area contributed by atoms with Gasteiger partial charge in [-0.3, -0.25) is 0 Å². The first-order valence-corrected chi connectivity index (χ1v) is 7.57. The monoisotopic (exact) mass is 334 g/mol. The van der Waals surface area contributed by atoms with Crippen LogP contribution in [0, 0.1) is 6.92 Å². The van der Waals surface area contributed by atoms with E-state index in [2.05, 4.69) is 50.4 Å². The Bertz CT molecular complexity index is 581. The maximum Gasteiger partial charge on any atom is 0.139 e. The summed E-state index contributed by atoms with van der Waals surface area (Å²) in [5.41, 5.74) is 2.05. The molecule has 1 aromatic carbocycles. The van der Waals surface area contributed by atoms with Gasteiger partial charge >= 0.3 is 0 Å². The summed E-state index contributed by atoms with van der Waals surface area (Å²) in [5.74, 6) is 2.60. The Balaban J connectivity index is 2.34. The Kier molecular flexibility index (Phi) is 4.95. The SMILES string of the molecule is CCNc1nc(CC)nc(Nc2ccc(Br)cc2)c1C. The van der Waals surface area contributed by atoms with Crippen LogP contribution in [0.2, 0.25) is 0 Å². The van der Waals surface area contributed by atoms with Gasteiger partial charge in [-0.2, -0.15) is 0 Å². The van der Waals surface area contributed by atoms with Gasteiger partial charge in [0.05, 0.1) is 0 Å². The van der Waals surface area contributed by atoms with Gasteiger partial charge in [0.2, 0.25) is 0 Å². The maximum atomic E-state index is 4.58. The van der Waals surface area contributed by atoms with E-state index in [1.54, 1.807) is 0 Å². The predicted molar refractivity (Wildman–Crippen MR) is 87.7 cm³/mol. The zero-order chi connectivity index (χ0) is 14.5. The number of benzene rings is 1. The van der Waals surface area contributed by atoms with Crippen LogP contribution < -0.4 is 10.6 Å². The van der Waals surface area contributed by atoms with Crippen LogP contribution in [0.25, 0.3) is 0 Å². The van der Waals surface area contributed by atoms with Gasteiger partial charge in [-0.25, -0.2) is 9.97 Å². The molecule has 0 fully saturated rings. The summed E-state index contributed by atoms with van der Waals surface area (Å²) < 4.78 is 1.06. The Hall–Kier alpha value is -1.62. The lowest BCUT2D eigenvalue weighted by Crippen LogP contribution is -2.09. The highest BCUT2D eigenvalue weighted by molar-refractivity contribution is 9.10. The third kappa shape index (κ3) is 3.48. The minimum absolute atomic E-state index is 0.813. The van der Waals surface area contributed by atoms with Crippen LogP contribution in [-0.4, -0.2) is 16.5 Å². The Labute approximate surface area is 128 Å². The second-order valence-electron chi connectivity index (χ2n) is 4.48. The lowest BCUT2D eigenvalue weighted by atomic mass is 10.2. The molecule has 0 amide bonds. The van der Waals surface area contributed by atoms with Crippen molar-refractivity contribution in [2.75, 3.05) is 17.2 Å². The second-order valence-corrected chi connectivity index (χ2v) is 5.39. The normalized spacial score (nSPS) is 10.4. The van der Waals surface area contributed by atoms with Crippen LogP contribution in [0.15, 0.2) is 28.7 Å². The van der Waals surface area contributed by atoms with E-state index < -0.39 is 0 Å². The molecule has 4 nitrogen and oxygen atoms in total. The largest absolute Gasteiger partial charge is 0.370 e. The van der Waals surface area contributed by atoms with Crippen LogP contribution in [0.3, 0.4) is 0 Å². The van der Waals surface area contributed by atoms with Gasteiger partial charge in [-0.15, -0.1) is 0 Å². The van der Waals surface area contributed by atoms with Crippen LogP contribution >= 0.6 is 15.9 Å². The summed E-state index contributed by atoms with van der Waals surface area (Å²) >= 11 is 3.44. The second kappa shape index (κ2) is 6.70. The molecule has 0 atom stereocenters. The van der Waals surface area contributed by atoms with Crippen LogP contribution in [0.1, 0.15) is 25.2 Å². The number of aromatic nitrogens is 2. The lowest BCUT2D eigenvalue weighted by molar-refractivity contribution is 0.930. The van der Waals surface area contributed by atoms with E-state index in [-0.39, 0.29) is 0 Å². The van der Waals surface area contributed by atoms with Crippen molar-refractivity contribution < 1.29 is 0 Å². The van der Waals surface area contributed by atoms with Crippen LogP contribution in [-0.2, 0) is 6.42 Å². The number of halogens is 1. The van der Waals surface area contributed by atoms with Gasteiger partial charge < -0.3 is 10.6 Å². The molecule has 106 valence electrons. The number of hydrogen-bond donors (Lipinski definition) is 2. The quantitative estimate of drug-likeness (QED) is 0.856. The molecule has 0 radical (unpaired) electrons. The third-order valence-electron chi connectivity index (χ3n) is 2.96. The van der Waals surface area contributed by atoms with Crippen LogP contribution in [0.4, 0.5) is 17.3 Å². The number of anilines is 3. The zero-order valence-electron chi connectivity index (χ0n) is 12.0. The number of hydrogen-bond acceptors (Lipinski definition) is 4. The highest BCUT2D eigenvalue weighted by Crippen LogP contribution is 2.24. The maximum absolute atomic E-state index is 4.58. The Morgan fingerprint density at radius 3 is 2.30 bits per heavy atom. The molecule has 0 bridgehead atoms. The van der Waals surface area contributed by atoms with Crippen molar-refractivity contribution in [3.63, 3.8) is 0 Å². The Morgan fingerprint density at radius 1 is 1.05 bits per heavy atom. The van der Waals surface area contributed by atoms with Crippen molar-refractivity contribution in [2.24, 2.45) is 0 Å². The molecular weight excluding hydrogens is 316 g/mol. The first kappa shape index (κ1) is 14.8. The molecule has 2 rings (SSSR count). The zero-order valence-corrected chi connectivity index (χ0v) is 13.6. The summed E-state index contributed by atoms with van der Waals surface area (Å²) in [6, 6.07) is 8.05. The molecule has 0 unspecified atom stereocenters. The van der Waals surface area contributed by atoms with Crippen molar-refractivity contribution >= 4 is 33.3 Å². The summed E-state index contributed by atoms with van der Waals surface area (Å²) in [5, 5.41) is 6.65. The molecule has 5 heteroatoms. The van der Waals surface area contributed by atoms with Gasteiger partial charge in [-0.1, -0.05) is 22.9 Å². The van der Waals surface area contributed by atoms with Gasteiger partial charge in [-0.05, 0) is 38.1 Å². The molecule has 2 N–H and O–H groups in total. The summed E-state index contributed by atoms with van der Waals surface area (Å²) in [6.07, 6.45) is 0.813. The molecule has 0 saturated carbocycles. The van der Waals surface area contributed by atoms with E-state index >= 15 is 0 Å². The van der Waals surface area contributed by atoms with Gasteiger partial charge in [0, 0.05) is 28.7 Å². The summed E-state index contributed by atoms with van der Waals surface area (Å²) in [4.78, 5) is 9.10. The van der Waals surface area contributed by atoms with Crippen molar-refractivity contribution in [2.45, 2.75) is 27.2 Å². The fourth-order valence-corrected chi connectivity index (χ4v) is 2.12. The topological polar surface area (TPSA) is 49.8 Å². The van der Waals surface area contributed by atoms with E-state index in [1.165, 1.54) is 0 Å². The minimum Gasteiger partial charge on any atom is -0.370 e. The molecule has 0 saturated heterocycles. The molecule has 0 aliphatic rings. The first-order chi connectivity index (χ1) is 9.63.